The minimum absolute atomic E-state index is 0.0268. The zero-order valence-electron chi connectivity index (χ0n) is 26.4. The smallest absolute Gasteiger partial charge is 0.407 e. The number of carboxylic acid groups (broad SMARTS) is 1. The van der Waals surface area contributed by atoms with E-state index in [1.807, 2.05) is 6.07 Å². The molecule has 1 spiro atoms. The van der Waals surface area contributed by atoms with Crippen molar-refractivity contribution < 1.29 is 41.7 Å². The summed E-state index contributed by atoms with van der Waals surface area (Å²) in [6, 6.07) is 8.84. The molecule has 2 aromatic carbocycles. The second kappa shape index (κ2) is 14.1. The van der Waals surface area contributed by atoms with E-state index in [0.29, 0.717) is 62.3 Å². The lowest BCUT2D eigenvalue weighted by Gasteiger charge is -2.37. The van der Waals surface area contributed by atoms with Crippen LogP contribution >= 0.6 is 0 Å². The molecule has 48 heavy (non-hydrogen) atoms. The Balaban J connectivity index is 1.15. The number of nitrogens with one attached hydrogen (secondary N) is 1. The molecule has 3 aliphatic heterocycles. The Hall–Kier alpha value is -4.14. The van der Waals surface area contributed by atoms with Gasteiger partial charge in [0.2, 0.25) is 0 Å². The molecule has 3 aromatic rings. The van der Waals surface area contributed by atoms with Crippen molar-refractivity contribution in [3.05, 3.63) is 53.6 Å². The summed E-state index contributed by atoms with van der Waals surface area (Å²) in [5.74, 6) is -1.17. The molecule has 0 saturated carbocycles. The minimum atomic E-state index is -4.13. The number of ether oxygens (including phenoxy) is 4. The zero-order chi connectivity index (χ0) is 33.9. The molecule has 3 aliphatic rings. The van der Waals surface area contributed by atoms with Crippen LogP contribution in [0.5, 0.6) is 11.5 Å². The molecule has 0 bridgehead atoms. The normalized spacial score (nSPS) is 21.0. The van der Waals surface area contributed by atoms with Gasteiger partial charge in [-0.15, -0.1) is 0 Å². The molecule has 14 nitrogen and oxygen atoms in total. The summed E-state index contributed by atoms with van der Waals surface area (Å²) < 4.78 is 67.8. The predicted octanol–water partition coefficient (Wildman–Crippen LogP) is 4.58. The van der Waals surface area contributed by atoms with Gasteiger partial charge in [-0.05, 0) is 62.8 Å². The van der Waals surface area contributed by atoms with Gasteiger partial charge in [-0.3, -0.25) is 9.71 Å². The summed E-state index contributed by atoms with van der Waals surface area (Å²) in [7, 11) is -2.77. The number of hydrogen-bond acceptors (Lipinski definition) is 10. The number of halogens is 1. The Labute approximate surface area is 277 Å². The Morgan fingerprint density at radius 2 is 2.06 bits per heavy atom. The lowest BCUT2D eigenvalue weighted by atomic mass is 9.84. The van der Waals surface area contributed by atoms with Crippen LogP contribution in [0, 0.1) is 17.1 Å². The number of nitrogens with zero attached hydrogens (tertiary/aromatic N) is 5. The van der Waals surface area contributed by atoms with E-state index < -0.39 is 33.5 Å². The van der Waals surface area contributed by atoms with E-state index in [9.17, 15) is 23.6 Å². The van der Waals surface area contributed by atoms with Crippen LogP contribution in [0.1, 0.15) is 55.7 Å². The number of rotatable bonds is 10. The highest BCUT2D eigenvalue weighted by Crippen LogP contribution is 2.42. The van der Waals surface area contributed by atoms with Crippen LogP contribution in [0.25, 0.3) is 11.0 Å². The number of likely N-dealkylation sites (N-methyl/N-ethyl adjacent to an activating group) is 1. The van der Waals surface area contributed by atoms with Crippen LogP contribution in [-0.4, -0.2) is 97.2 Å². The SMILES string of the molecule is CN(CCOC1CCCCO1)S(=O)(=O)Nc1ccc(F)c(Oc2ccc3ncc(C4COC5(CCN(C(=O)O)CC5)C4)nc3c2)c1C#N. The number of nitriles is 1. The zero-order valence-corrected chi connectivity index (χ0v) is 27.2. The van der Waals surface area contributed by atoms with Crippen molar-refractivity contribution in [2.45, 2.75) is 56.3 Å². The third-order valence-electron chi connectivity index (χ3n) is 9.04. The van der Waals surface area contributed by atoms with Gasteiger partial charge in [0.05, 0.1) is 41.2 Å². The monoisotopic (exact) mass is 684 g/mol. The predicted molar refractivity (Wildman–Crippen MR) is 170 cm³/mol. The van der Waals surface area contributed by atoms with E-state index >= 15 is 4.39 Å². The molecule has 3 fully saturated rings. The first-order valence-corrected chi connectivity index (χ1v) is 17.3. The Kier molecular flexibility index (Phi) is 9.95. The average molecular weight is 685 g/mol. The molecule has 6 rings (SSSR count). The van der Waals surface area contributed by atoms with Gasteiger partial charge in [0, 0.05) is 51.5 Å². The van der Waals surface area contributed by atoms with Gasteiger partial charge in [0.25, 0.3) is 0 Å². The van der Waals surface area contributed by atoms with E-state index in [2.05, 4.69) is 9.71 Å². The number of piperidine rings is 1. The highest BCUT2D eigenvalue weighted by atomic mass is 32.2. The summed E-state index contributed by atoms with van der Waals surface area (Å²) in [4.78, 5) is 22.0. The Morgan fingerprint density at radius 1 is 1.25 bits per heavy atom. The number of amides is 1. The maximum atomic E-state index is 15.1. The molecule has 2 atom stereocenters. The van der Waals surface area contributed by atoms with Gasteiger partial charge in [0.15, 0.2) is 17.9 Å². The van der Waals surface area contributed by atoms with E-state index in [4.69, 9.17) is 23.9 Å². The third kappa shape index (κ3) is 7.45. The third-order valence-corrected chi connectivity index (χ3v) is 10.5. The summed E-state index contributed by atoms with van der Waals surface area (Å²) in [5, 5.41) is 19.2. The van der Waals surface area contributed by atoms with Crippen LogP contribution in [0.2, 0.25) is 0 Å². The number of likely N-dealkylation sites (tertiary alicyclic amines) is 1. The topological polar surface area (TPSA) is 176 Å². The molecule has 2 N–H and O–H groups in total. The molecule has 3 saturated heterocycles. The Morgan fingerprint density at radius 3 is 2.79 bits per heavy atom. The van der Waals surface area contributed by atoms with Crippen molar-refractivity contribution in [1.82, 2.24) is 19.2 Å². The molecule has 1 aromatic heterocycles. The van der Waals surface area contributed by atoms with E-state index in [0.717, 1.165) is 29.6 Å². The van der Waals surface area contributed by atoms with Gasteiger partial charge in [-0.2, -0.15) is 18.0 Å². The van der Waals surface area contributed by atoms with Gasteiger partial charge < -0.3 is 29.0 Å². The lowest BCUT2D eigenvalue weighted by Crippen LogP contribution is -2.45. The van der Waals surface area contributed by atoms with Crippen molar-refractivity contribution >= 4 is 33.0 Å². The summed E-state index contributed by atoms with van der Waals surface area (Å²) in [5.41, 5.74) is 0.871. The molecule has 0 radical (unpaired) electrons. The van der Waals surface area contributed by atoms with Crippen LogP contribution < -0.4 is 9.46 Å². The van der Waals surface area contributed by atoms with Crippen LogP contribution in [0.3, 0.4) is 0 Å². The fourth-order valence-electron chi connectivity index (χ4n) is 6.22. The molecule has 256 valence electrons. The van der Waals surface area contributed by atoms with Gasteiger partial charge >= 0.3 is 16.3 Å². The quantitative estimate of drug-likeness (QED) is 0.306. The molecule has 16 heteroatoms. The highest BCUT2D eigenvalue weighted by Gasteiger charge is 2.44. The molecular formula is C32H37FN6O8S. The van der Waals surface area contributed by atoms with Crippen LogP contribution in [0.4, 0.5) is 14.9 Å². The molecule has 2 unspecified atom stereocenters. The number of anilines is 1. The molecule has 0 aliphatic carbocycles. The minimum Gasteiger partial charge on any atom is -0.465 e. The second-order valence-electron chi connectivity index (χ2n) is 12.2. The van der Waals surface area contributed by atoms with Gasteiger partial charge in [-0.25, -0.2) is 14.2 Å². The molecule has 4 heterocycles. The average Bonchev–Trinajstić information content (AvgIpc) is 3.49. The number of aromatic nitrogens is 2. The van der Waals surface area contributed by atoms with Crippen molar-refractivity contribution in [1.29, 1.82) is 5.26 Å². The second-order valence-corrected chi connectivity index (χ2v) is 14.0. The first-order valence-electron chi connectivity index (χ1n) is 15.8. The highest BCUT2D eigenvalue weighted by molar-refractivity contribution is 7.90. The number of benzene rings is 2. The fraction of sp³-hybridized carbons (Fsp3) is 0.500. The summed E-state index contributed by atoms with van der Waals surface area (Å²) in [6.07, 6.45) is 5.00. The van der Waals surface area contributed by atoms with Crippen molar-refractivity contribution in [2.75, 3.05) is 51.2 Å². The van der Waals surface area contributed by atoms with Gasteiger partial charge in [0.1, 0.15) is 17.4 Å². The van der Waals surface area contributed by atoms with E-state index in [1.165, 1.54) is 18.0 Å². The lowest BCUT2D eigenvalue weighted by molar-refractivity contribution is -0.162. The van der Waals surface area contributed by atoms with Crippen LogP contribution in [0.15, 0.2) is 36.5 Å². The van der Waals surface area contributed by atoms with Crippen LogP contribution in [-0.2, 0) is 24.4 Å². The standard InChI is InChI=1S/C32H37FN6O8S/c1-38(13-15-45-29-4-2-3-14-44-29)48(42,43)37-25-8-6-24(33)30(23(25)18-34)47-22-5-7-26-27(16-22)36-28(19-35-26)21-17-32(46-20-21)9-11-39(12-10-32)31(40)41/h5-8,16,19,21,29,37H,2-4,9-15,17,20H2,1H3,(H,40,41). The Bertz CT molecular complexity index is 1810. The van der Waals surface area contributed by atoms with Gasteiger partial charge in [-0.1, -0.05) is 0 Å². The molecular weight excluding hydrogens is 647 g/mol. The first kappa shape index (κ1) is 33.7. The molecule has 1 amide bonds. The maximum absolute atomic E-state index is 15.1. The maximum Gasteiger partial charge on any atom is 0.407 e. The first-order chi connectivity index (χ1) is 23.1. The van der Waals surface area contributed by atoms with E-state index in [1.54, 1.807) is 24.4 Å². The van der Waals surface area contributed by atoms with Crippen molar-refractivity contribution in [2.24, 2.45) is 0 Å². The van der Waals surface area contributed by atoms with E-state index in [-0.39, 0.29) is 42.4 Å². The summed E-state index contributed by atoms with van der Waals surface area (Å²) in [6.45, 7) is 2.00. The van der Waals surface area contributed by atoms with Crippen molar-refractivity contribution in [3.63, 3.8) is 0 Å². The summed E-state index contributed by atoms with van der Waals surface area (Å²) >= 11 is 0. The number of fused-ring (bicyclic) bond motifs is 1. The fourth-order valence-corrected chi connectivity index (χ4v) is 7.14. The van der Waals surface area contributed by atoms with Crippen molar-refractivity contribution in [3.8, 4) is 17.6 Å². The number of carbonyl (C=O) groups is 1. The number of hydrogen-bond donors (Lipinski definition) is 2. The largest absolute Gasteiger partial charge is 0.465 e.